The lowest BCUT2D eigenvalue weighted by molar-refractivity contribution is -0.142. The lowest BCUT2D eigenvalue weighted by atomic mass is 10.1. The van der Waals surface area contributed by atoms with Crippen molar-refractivity contribution in [1.82, 2.24) is 4.90 Å². The molecule has 1 aliphatic rings. The van der Waals surface area contributed by atoms with Crippen LogP contribution in [0.4, 0.5) is 0 Å². The van der Waals surface area contributed by atoms with Crippen molar-refractivity contribution < 1.29 is 14.7 Å². The predicted molar refractivity (Wildman–Crippen MR) is 91.6 cm³/mol. The number of rotatable bonds is 3. The van der Waals surface area contributed by atoms with E-state index in [0.717, 1.165) is 16.3 Å². The maximum Gasteiger partial charge on any atom is 0.323 e. The van der Waals surface area contributed by atoms with E-state index in [1.165, 1.54) is 16.7 Å². The van der Waals surface area contributed by atoms with E-state index in [4.69, 9.17) is 5.11 Å². The smallest absolute Gasteiger partial charge is 0.323 e. The van der Waals surface area contributed by atoms with Crippen molar-refractivity contribution in [2.75, 3.05) is 6.54 Å². The molecule has 0 aromatic heterocycles. The molecule has 1 N–H and O–H groups in total. The minimum absolute atomic E-state index is 0.291. The second-order valence-corrected chi connectivity index (χ2v) is 6.85. The highest BCUT2D eigenvalue weighted by Crippen LogP contribution is 2.38. The summed E-state index contributed by atoms with van der Waals surface area (Å²) in [5.74, 6) is -1.33. The normalized spacial score (nSPS) is 20.0. The van der Waals surface area contributed by atoms with E-state index < -0.39 is 10.7 Å². The highest BCUT2D eigenvalue weighted by Gasteiger charge is 2.35. The third kappa shape index (κ3) is 2.98. The molecule has 4 nitrogen and oxygen atoms in total. The fourth-order valence-corrected chi connectivity index (χ4v) is 3.78. The van der Waals surface area contributed by atoms with Crippen LogP contribution in [-0.2, 0) is 9.59 Å². The molecular weight excluding hydrogens is 318 g/mol. The molecule has 0 saturated carbocycles. The Morgan fingerprint density at radius 2 is 2.00 bits per heavy atom. The highest BCUT2D eigenvalue weighted by molar-refractivity contribution is 8.14. The van der Waals surface area contributed by atoms with Gasteiger partial charge in [0.05, 0.1) is 4.91 Å². The van der Waals surface area contributed by atoms with Crippen LogP contribution in [0.5, 0.6) is 0 Å². The lowest BCUT2D eigenvalue weighted by Crippen LogP contribution is -2.34. The molecule has 1 heterocycles. The van der Waals surface area contributed by atoms with Crippen LogP contribution in [0.25, 0.3) is 16.8 Å². The number of aliphatic carboxylic acids is 1. The summed E-state index contributed by atoms with van der Waals surface area (Å²) < 4.78 is -0.463. The van der Waals surface area contributed by atoms with E-state index >= 15 is 0 Å². The molecular formula is C16H13NO3S2. The molecule has 1 unspecified atom stereocenters. The molecule has 2 aromatic carbocycles. The van der Waals surface area contributed by atoms with Crippen LogP contribution in [0.15, 0.2) is 47.4 Å². The third-order valence-electron chi connectivity index (χ3n) is 3.35. The summed E-state index contributed by atoms with van der Waals surface area (Å²) >= 11 is 5.53. The number of benzene rings is 2. The van der Waals surface area contributed by atoms with Crippen LogP contribution in [0.2, 0.25) is 0 Å². The van der Waals surface area contributed by atoms with Gasteiger partial charge in [-0.1, -0.05) is 48.2 Å². The van der Waals surface area contributed by atoms with Gasteiger partial charge in [0, 0.05) is 0 Å². The Hall–Kier alpha value is -1.92. The number of nitrogens with zero attached hydrogens (tertiary/aromatic N) is 1. The summed E-state index contributed by atoms with van der Waals surface area (Å²) in [5.41, 5.74) is 0.909. The van der Waals surface area contributed by atoms with Gasteiger partial charge in [-0.3, -0.25) is 9.59 Å². The van der Waals surface area contributed by atoms with Crippen molar-refractivity contribution in [3.05, 3.63) is 52.9 Å². The fraction of sp³-hybridized carbons (Fsp3) is 0.125. The summed E-state index contributed by atoms with van der Waals surface area (Å²) in [5, 5.41) is 11.1. The number of carboxylic acids is 1. The number of hydrogen-bond acceptors (Lipinski definition) is 4. The van der Waals surface area contributed by atoms with Crippen molar-refractivity contribution >= 4 is 53.1 Å². The molecule has 1 fully saturated rings. The Kier molecular flexibility index (Phi) is 4.13. The molecule has 1 saturated heterocycles. The first-order valence-corrected chi connectivity index (χ1v) is 8.02. The van der Waals surface area contributed by atoms with Gasteiger partial charge in [-0.15, -0.1) is 12.6 Å². The van der Waals surface area contributed by atoms with E-state index in [-0.39, 0.29) is 12.5 Å². The average molecular weight is 331 g/mol. The minimum atomic E-state index is -1.04. The summed E-state index contributed by atoms with van der Waals surface area (Å²) in [6, 6.07) is 13.9. The van der Waals surface area contributed by atoms with Crippen molar-refractivity contribution in [2.45, 2.75) is 4.71 Å². The van der Waals surface area contributed by atoms with Gasteiger partial charge in [-0.25, -0.2) is 0 Å². The Morgan fingerprint density at radius 1 is 1.27 bits per heavy atom. The van der Waals surface area contributed by atoms with Crippen molar-refractivity contribution in [3.63, 3.8) is 0 Å². The topological polar surface area (TPSA) is 57.6 Å². The van der Waals surface area contributed by atoms with Crippen LogP contribution >= 0.6 is 24.4 Å². The van der Waals surface area contributed by atoms with Crippen LogP contribution in [0, 0.1) is 0 Å². The first kappa shape index (κ1) is 15.0. The molecule has 22 heavy (non-hydrogen) atoms. The molecule has 6 heteroatoms. The molecule has 1 aliphatic heterocycles. The van der Waals surface area contributed by atoms with Gasteiger partial charge in [0.1, 0.15) is 11.3 Å². The van der Waals surface area contributed by atoms with Gasteiger partial charge >= 0.3 is 5.97 Å². The number of hydrogen-bond donors (Lipinski definition) is 2. The lowest BCUT2D eigenvalue weighted by Gasteiger charge is -2.15. The number of carbonyl (C=O) groups is 2. The van der Waals surface area contributed by atoms with Gasteiger partial charge in [-0.2, -0.15) is 0 Å². The molecule has 0 spiro atoms. The molecule has 2 aromatic rings. The largest absolute Gasteiger partial charge is 0.480 e. The summed E-state index contributed by atoms with van der Waals surface area (Å²) in [7, 11) is 0. The maximum atomic E-state index is 12.2. The standard InChI is InChI=1S/C16H13NO3S2/c18-14(19)9-17-15(20)13(22-16(17)21)8-10-5-6-11-3-1-2-4-12(11)7-10/h1-8,16,21H,9H2,(H,18,19)/b13-8-. The molecule has 0 aliphatic carbocycles. The molecule has 0 bridgehead atoms. The number of carboxylic acid groups (broad SMARTS) is 1. The van der Waals surface area contributed by atoms with Crippen molar-refractivity contribution in [2.24, 2.45) is 0 Å². The van der Waals surface area contributed by atoms with E-state index in [1.54, 1.807) is 6.08 Å². The van der Waals surface area contributed by atoms with Crippen LogP contribution < -0.4 is 0 Å². The van der Waals surface area contributed by atoms with Crippen LogP contribution in [0.1, 0.15) is 5.56 Å². The van der Waals surface area contributed by atoms with Crippen molar-refractivity contribution in [3.8, 4) is 0 Å². The Morgan fingerprint density at radius 3 is 2.73 bits per heavy atom. The summed E-state index contributed by atoms with van der Waals surface area (Å²) in [6.07, 6.45) is 1.78. The average Bonchev–Trinajstić information content (AvgIpc) is 2.74. The van der Waals surface area contributed by atoms with Crippen molar-refractivity contribution in [1.29, 1.82) is 0 Å². The van der Waals surface area contributed by atoms with Gasteiger partial charge in [0.15, 0.2) is 0 Å². The molecule has 1 amide bonds. The number of carbonyl (C=O) groups excluding carboxylic acids is 1. The zero-order chi connectivity index (χ0) is 15.7. The maximum absolute atomic E-state index is 12.2. The van der Waals surface area contributed by atoms with E-state index in [9.17, 15) is 9.59 Å². The number of fused-ring (bicyclic) bond motifs is 1. The monoisotopic (exact) mass is 331 g/mol. The molecule has 3 rings (SSSR count). The fourth-order valence-electron chi connectivity index (χ4n) is 2.31. The Balaban J connectivity index is 1.90. The Labute approximate surface area is 137 Å². The zero-order valence-corrected chi connectivity index (χ0v) is 13.2. The van der Waals surface area contributed by atoms with Gasteiger partial charge < -0.3 is 10.0 Å². The highest BCUT2D eigenvalue weighted by atomic mass is 32.2. The third-order valence-corrected chi connectivity index (χ3v) is 4.95. The van der Waals surface area contributed by atoms with Crippen LogP contribution in [0.3, 0.4) is 0 Å². The molecule has 1 atom stereocenters. The summed E-state index contributed by atoms with van der Waals surface area (Å²) in [6.45, 7) is -0.338. The first-order valence-electron chi connectivity index (χ1n) is 6.62. The SMILES string of the molecule is O=C(O)CN1C(=O)/C(=C/c2ccc3ccccc3c2)SC1S. The Bertz CT molecular complexity index is 788. The molecule has 112 valence electrons. The zero-order valence-electron chi connectivity index (χ0n) is 11.5. The number of thioether (sulfide) groups is 1. The van der Waals surface area contributed by atoms with Gasteiger partial charge in [0.2, 0.25) is 0 Å². The quantitative estimate of drug-likeness (QED) is 0.670. The number of amides is 1. The predicted octanol–water partition coefficient (Wildman–Crippen LogP) is 3.05. The first-order chi connectivity index (χ1) is 10.5. The van der Waals surface area contributed by atoms with E-state index in [0.29, 0.717) is 4.91 Å². The number of thiol groups is 1. The second kappa shape index (κ2) is 6.06. The van der Waals surface area contributed by atoms with Gasteiger partial charge in [-0.05, 0) is 28.5 Å². The van der Waals surface area contributed by atoms with Gasteiger partial charge in [0.25, 0.3) is 5.91 Å². The second-order valence-electron chi connectivity index (χ2n) is 4.89. The van der Waals surface area contributed by atoms with E-state index in [1.807, 2.05) is 42.5 Å². The summed E-state index contributed by atoms with van der Waals surface area (Å²) in [4.78, 5) is 24.8. The van der Waals surface area contributed by atoms with Crippen LogP contribution in [-0.4, -0.2) is 33.1 Å². The molecule has 0 radical (unpaired) electrons. The minimum Gasteiger partial charge on any atom is -0.480 e. The van der Waals surface area contributed by atoms with E-state index in [2.05, 4.69) is 12.6 Å².